The molecule has 3 nitrogen and oxygen atoms in total. The van der Waals surface area contributed by atoms with Crippen molar-refractivity contribution in [3.05, 3.63) is 34.5 Å². The van der Waals surface area contributed by atoms with E-state index in [1.54, 1.807) is 6.07 Å². The van der Waals surface area contributed by atoms with Crippen LogP contribution in [0.15, 0.2) is 33.2 Å². The Morgan fingerprint density at radius 3 is 2.81 bits per heavy atom. The Labute approximate surface area is 102 Å². The van der Waals surface area contributed by atoms with Gasteiger partial charge < -0.3 is 9.32 Å². The molecule has 0 radical (unpaired) electrons. The van der Waals surface area contributed by atoms with Crippen LogP contribution in [0.4, 0.5) is 0 Å². The number of fused-ring (bicyclic) bond motifs is 1. The molecule has 0 aliphatic heterocycles. The fourth-order valence-corrected chi connectivity index (χ4v) is 1.90. The molecule has 0 saturated carbocycles. The molecular weight excluding hydrogens is 270 g/mol. The van der Waals surface area contributed by atoms with E-state index in [2.05, 4.69) is 15.9 Å². The minimum atomic E-state index is -0.00248. The lowest BCUT2D eigenvalue weighted by atomic mass is 10.2. The second-order valence-corrected chi connectivity index (χ2v) is 4.87. The molecule has 1 aromatic heterocycles. The first-order valence-electron chi connectivity index (χ1n) is 4.93. The molecule has 2 aromatic rings. The second-order valence-electron chi connectivity index (χ2n) is 3.95. The van der Waals surface area contributed by atoms with Crippen molar-refractivity contribution in [2.45, 2.75) is 0 Å². The standard InChI is InChI=1S/C12H12BrNO2/c1-14(2)7-10(15)12-6-8-5-9(13)3-4-11(8)16-12/h3-6H,7H2,1-2H3. The van der Waals surface area contributed by atoms with E-state index >= 15 is 0 Å². The van der Waals surface area contributed by atoms with Crippen molar-refractivity contribution in [2.24, 2.45) is 0 Å². The van der Waals surface area contributed by atoms with Gasteiger partial charge in [-0.15, -0.1) is 0 Å². The molecule has 16 heavy (non-hydrogen) atoms. The van der Waals surface area contributed by atoms with E-state index in [9.17, 15) is 4.79 Å². The predicted octanol–water partition coefficient (Wildman–Crippen LogP) is 2.94. The van der Waals surface area contributed by atoms with Crippen molar-refractivity contribution in [1.82, 2.24) is 4.90 Å². The highest BCUT2D eigenvalue weighted by molar-refractivity contribution is 9.10. The van der Waals surface area contributed by atoms with Crippen molar-refractivity contribution in [3.63, 3.8) is 0 Å². The van der Waals surface area contributed by atoms with Crippen molar-refractivity contribution < 1.29 is 9.21 Å². The minimum Gasteiger partial charge on any atom is -0.453 e. The number of rotatable bonds is 3. The average Bonchev–Trinajstić information content (AvgIpc) is 2.59. The molecule has 0 fully saturated rings. The molecule has 2 rings (SSSR count). The molecule has 0 bridgehead atoms. The molecule has 0 amide bonds. The summed E-state index contributed by atoms with van der Waals surface area (Å²) in [6, 6.07) is 7.47. The molecule has 1 aromatic carbocycles. The number of carbonyl (C=O) groups is 1. The number of likely N-dealkylation sites (N-methyl/N-ethyl adjacent to an activating group) is 1. The lowest BCUT2D eigenvalue weighted by molar-refractivity contribution is 0.0933. The summed E-state index contributed by atoms with van der Waals surface area (Å²) in [6.07, 6.45) is 0. The normalized spacial score (nSPS) is 11.2. The second kappa shape index (κ2) is 4.39. The zero-order chi connectivity index (χ0) is 11.7. The number of nitrogens with zero attached hydrogens (tertiary/aromatic N) is 1. The monoisotopic (exact) mass is 281 g/mol. The number of ketones is 1. The molecule has 1 heterocycles. The Bertz CT molecular complexity index is 531. The maximum atomic E-state index is 11.8. The topological polar surface area (TPSA) is 33.5 Å². The van der Waals surface area contributed by atoms with Gasteiger partial charge in [-0.2, -0.15) is 0 Å². The molecule has 4 heteroatoms. The van der Waals surface area contributed by atoms with Gasteiger partial charge in [0.15, 0.2) is 5.76 Å². The van der Waals surface area contributed by atoms with Gasteiger partial charge in [-0.25, -0.2) is 0 Å². The van der Waals surface area contributed by atoms with Gasteiger partial charge in [0.2, 0.25) is 5.78 Å². The molecule has 0 unspecified atom stereocenters. The molecule has 84 valence electrons. The lowest BCUT2D eigenvalue weighted by Crippen LogP contribution is -2.21. The number of benzene rings is 1. The van der Waals surface area contributed by atoms with Gasteiger partial charge in [-0.1, -0.05) is 15.9 Å². The molecule has 0 N–H and O–H groups in total. The Balaban J connectivity index is 2.36. The van der Waals surface area contributed by atoms with E-state index < -0.39 is 0 Å². The molecule has 0 saturated heterocycles. The third-order valence-corrected chi connectivity index (χ3v) is 2.71. The number of hydrogen-bond donors (Lipinski definition) is 0. The van der Waals surface area contributed by atoms with Crippen LogP contribution in [0.5, 0.6) is 0 Å². The van der Waals surface area contributed by atoms with E-state index in [-0.39, 0.29) is 5.78 Å². The fraction of sp³-hybridized carbons (Fsp3) is 0.250. The van der Waals surface area contributed by atoms with Gasteiger partial charge in [0.25, 0.3) is 0 Å². The summed E-state index contributed by atoms with van der Waals surface area (Å²) in [5.74, 6) is 0.416. The van der Waals surface area contributed by atoms with Crippen LogP contribution in [-0.4, -0.2) is 31.3 Å². The molecule has 0 spiro atoms. The summed E-state index contributed by atoms with van der Waals surface area (Å²) in [4.78, 5) is 13.6. The van der Waals surface area contributed by atoms with Gasteiger partial charge in [0.1, 0.15) is 5.58 Å². The third kappa shape index (κ3) is 2.33. The number of furan rings is 1. The summed E-state index contributed by atoms with van der Waals surface area (Å²) in [7, 11) is 3.72. The zero-order valence-corrected chi connectivity index (χ0v) is 10.7. The highest BCUT2D eigenvalue weighted by Crippen LogP contribution is 2.23. The quantitative estimate of drug-likeness (QED) is 0.811. The Morgan fingerprint density at radius 1 is 1.38 bits per heavy atom. The van der Waals surface area contributed by atoms with Gasteiger partial charge >= 0.3 is 0 Å². The van der Waals surface area contributed by atoms with Crippen LogP contribution in [0, 0.1) is 0 Å². The molecule has 0 aliphatic carbocycles. The Kier molecular flexibility index (Phi) is 3.12. The SMILES string of the molecule is CN(C)CC(=O)c1cc2cc(Br)ccc2o1. The molecule has 0 atom stereocenters. The van der Waals surface area contributed by atoms with Crippen LogP contribution in [0.25, 0.3) is 11.0 Å². The van der Waals surface area contributed by atoms with E-state index in [4.69, 9.17) is 4.42 Å². The van der Waals surface area contributed by atoms with E-state index in [0.29, 0.717) is 12.3 Å². The van der Waals surface area contributed by atoms with Crippen LogP contribution in [0.1, 0.15) is 10.6 Å². The minimum absolute atomic E-state index is 0.00248. The maximum Gasteiger partial charge on any atom is 0.211 e. The number of hydrogen-bond acceptors (Lipinski definition) is 3. The summed E-state index contributed by atoms with van der Waals surface area (Å²) in [5.41, 5.74) is 0.741. The zero-order valence-electron chi connectivity index (χ0n) is 9.16. The number of Topliss-reactive ketones (excluding diaryl/α,β-unsaturated/α-hetero) is 1. The van der Waals surface area contributed by atoms with E-state index in [0.717, 1.165) is 15.4 Å². The lowest BCUT2D eigenvalue weighted by Gasteiger charge is -2.05. The summed E-state index contributed by atoms with van der Waals surface area (Å²) in [5, 5.41) is 0.941. The first kappa shape index (κ1) is 11.4. The third-order valence-electron chi connectivity index (χ3n) is 2.21. The highest BCUT2D eigenvalue weighted by atomic mass is 79.9. The van der Waals surface area contributed by atoms with Crippen LogP contribution in [0.2, 0.25) is 0 Å². The fourth-order valence-electron chi connectivity index (χ4n) is 1.52. The van der Waals surface area contributed by atoms with Gasteiger partial charge in [0.05, 0.1) is 6.54 Å². The van der Waals surface area contributed by atoms with Gasteiger partial charge in [0, 0.05) is 9.86 Å². The van der Waals surface area contributed by atoms with Crippen molar-refractivity contribution in [3.8, 4) is 0 Å². The summed E-state index contributed by atoms with van der Waals surface area (Å²) < 4.78 is 6.47. The van der Waals surface area contributed by atoms with Crippen molar-refractivity contribution >= 4 is 32.7 Å². The van der Waals surface area contributed by atoms with Crippen LogP contribution >= 0.6 is 15.9 Å². The Hall–Kier alpha value is -1.13. The van der Waals surface area contributed by atoms with Crippen LogP contribution < -0.4 is 0 Å². The van der Waals surface area contributed by atoms with E-state index in [1.807, 2.05) is 37.2 Å². The average molecular weight is 282 g/mol. The maximum absolute atomic E-state index is 11.8. The largest absolute Gasteiger partial charge is 0.453 e. The van der Waals surface area contributed by atoms with Gasteiger partial charge in [-0.3, -0.25) is 4.79 Å². The first-order chi connectivity index (χ1) is 7.56. The Morgan fingerprint density at radius 2 is 2.12 bits per heavy atom. The van der Waals surface area contributed by atoms with Crippen LogP contribution in [0.3, 0.4) is 0 Å². The van der Waals surface area contributed by atoms with E-state index in [1.165, 1.54) is 0 Å². The molecule has 0 aliphatic rings. The smallest absolute Gasteiger partial charge is 0.211 e. The number of carbonyl (C=O) groups excluding carboxylic acids is 1. The van der Waals surface area contributed by atoms with Crippen LogP contribution in [-0.2, 0) is 0 Å². The first-order valence-corrected chi connectivity index (χ1v) is 5.72. The summed E-state index contributed by atoms with van der Waals surface area (Å²) in [6.45, 7) is 0.362. The van der Waals surface area contributed by atoms with Gasteiger partial charge in [-0.05, 0) is 38.4 Å². The number of halogens is 1. The predicted molar refractivity (Wildman–Crippen MR) is 66.8 cm³/mol. The summed E-state index contributed by atoms with van der Waals surface area (Å²) >= 11 is 3.38. The van der Waals surface area contributed by atoms with Crippen molar-refractivity contribution in [1.29, 1.82) is 0 Å². The molecular formula is C12H12BrNO2. The highest BCUT2D eigenvalue weighted by Gasteiger charge is 2.12. The van der Waals surface area contributed by atoms with Crippen molar-refractivity contribution in [2.75, 3.05) is 20.6 Å².